The highest BCUT2D eigenvalue weighted by molar-refractivity contribution is 5.94. The van der Waals surface area contributed by atoms with Crippen LogP contribution in [-0.2, 0) is 5.41 Å². The minimum Gasteiger partial charge on any atom is -0.351 e. The summed E-state index contributed by atoms with van der Waals surface area (Å²) in [5.74, 6) is -0.827. The highest BCUT2D eigenvalue weighted by Gasteiger charge is 2.40. The van der Waals surface area contributed by atoms with Crippen LogP contribution in [0, 0.1) is 25.5 Å². The van der Waals surface area contributed by atoms with Gasteiger partial charge >= 0.3 is 0 Å². The largest absolute Gasteiger partial charge is 0.351 e. The zero-order valence-electron chi connectivity index (χ0n) is 14.4. The molecule has 1 saturated carbocycles. The second-order valence-electron chi connectivity index (χ2n) is 6.68. The van der Waals surface area contributed by atoms with E-state index < -0.39 is 17.0 Å². The van der Waals surface area contributed by atoms with Gasteiger partial charge in [0.2, 0.25) is 0 Å². The summed E-state index contributed by atoms with van der Waals surface area (Å²) in [6, 6.07) is 3.92. The number of nitrogens with one attached hydrogen (secondary N) is 1. The molecule has 1 aromatic heterocycles. The molecular weight excluding hydrogens is 324 g/mol. The van der Waals surface area contributed by atoms with Crippen molar-refractivity contribution < 1.29 is 13.6 Å². The summed E-state index contributed by atoms with van der Waals surface area (Å²) in [7, 11) is 0. The van der Waals surface area contributed by atoms with E-state index in [4.69, 9.17) is 0 Å². The van der Waals surface area contributed by atoms with Crippen LogP contribution in [0.3, 0.4) is 0 Å². The summed E-state index contributed by atoms with van der Waals surface area (Å²) in [5, 5.41) is 2.84. The van der Waals surface area contributed by atoms with Gasteiger partial charge in [0.15, 0.2) is 0 Å². The van der Waals surface area contributed by atoms with E-state index in [9.17, 15) is 13.6 Å². The molecule has 1 heterocycles. The number of rotatable bonds is 4. The maximum absolute atomic E-state index is 14.3. The minimum absolute atomic E-state index is 0.0877. The summed E-state index contributed by atoms with van der Waals surface area (Å²) in [6.07, 6.45) is 4.55. The Kier molecular flexibility index (Phi) is 4.79. The van der Waals surface area contributed by atoms with E-state index in [0.29, 0.717) is 29.9 Å². The number of aromatic nitrogens is 2. The summed E-state index contributed by atoms with van der Waals surface area (Å²) in [6.45, 7) is 3.69. The smallest absolute Gasteiger partial charge is 0.254 e. The van der Waals surface area contributed by atoms with Crippen molar-refractivity contribution in [3.05, 3.63) is 58.7 Å². The van der Waals surface area contributed by atoms with Crippen LogP contribution in [0.4, 0.5) is 8.78 Å². The van der Waals surface area contributed by atoms with Gasteiger partial charge in [-0.15, -0.1) is 0 Å². The Hall–Kier alpha value is -2.37. The van der Waals surface area contributed by atoms with Gasteiger partial charge in [0.25, 0.3) is 5.91 Å². The fourth-order valence-corrected chi connectivity index (χ4v) is 3.72. The van der Waals surface area contributed by atoms with Crippen LogP contribution in [-0.4, -0.2) is 22.4 Å². The Morgan fingerprint density at radius 2 is 1.84 bits per heavy atom. The molecule has 0 spiro atoms. The lowest BCUT2D eigenvalue weighted by atomic mass is 9.78. The fourth-order valence-electron chi connectivity index (χ4n) is 3.72. The molecule has 0 unspecified atom stereocenters. The number of halogens is 2. The SMILES string of the molecule is Cc1ncc(C(=O)NCC2(c3c(F)cccc3F)CCCC2)c(C)n1. The molecule has 1 N–H and O–H groups in total. The first-order valence-corrected chi connectivity index (χ1v) is 8.46. The number of carbonyl (C=O) groups is 1. The van der Waals surface area contributed by atoms with Crippen molar-refractivity contribution in [2.45, 2.75) is 44.9 Å². The Morgan fingerprint density at radius 1 is 1.20 bits per heavy atom. The van der Waals surface area contributed by atoms with Gasteiger partial charge in [-0.1, -0.05) is 18.9 Å². The third-order valence-electron chi connectivity index (χ3n) is 4.99. The number of nitrogens with zero attached hydrogens (tertiary/aromatic N) is 2. The number of hydrogen-bond acceptors (Lipinski definition) is 3. The van der Waals surface area contributed by atoms with Crippen LogP contribution in [0.15, 0.2) is 24.4 Å². The average molecular weight is 345 g/mol. The van der Waals surface area contributed by atoms with E-state index in [2.05, 4.69) is 15.3 Å². The molecule has 1 amide bonds. The lowest BCUT2D eigenvalue weighted by Gasteiger charge is -2.30. The molecule has 4 nitrogen and oxygen atoms in total. The molecular formula is C19H21F2N3O. The van der Waals surface area contributed by atoms with Gasteiger partial charge in [0.1, 0.15) is 17.5 Å². The molecule has 1 aliphatic rings. The highest BCUT2D eigenvalue weighted by Crippen LogP contribution is 2.42. The lowest BCUT2D eigenvalue weighted by molar-refractivity contribution is 0.0940. The number of aryl methyl sites for hydroxylation is 2. The monoisotopic (exact) mass is 345 g/mol. The first kappa shape index (κ1) is 17.5. The second-order valence-corrected chi connectivity index (χ2v) is 6.68. The van der Waals surface area contributed by atoms with Gasteiger partial charge in [-0.3, -0.25) is 4.79 Å². The molecule has 0 atom stereocenters. The van der Waals surface area contributed by atoms with E-state index >= 15 is 0 Å². The molecule has 0 saturated heterocycles. The fraction of sp³-hybridized carbons (Fsp3) is 0.421. The van der Waals surface area contributed by atoms with E-state index in [-0.39, 0.29) is 18.0 Å². The van der Waals surface area contributed by atoms with Crippen molar-refractivity contribution >= 4 is 5.91 Å². The third kappa shape index (κ3) is 3.38. The van der Waals surface area contributed by atoms with Gasteiger partial charge < -0.3 is 5.32 Å². The quantitative estimate of drug-likeness (QED) is 0.921. The molecule has 132 valence electrons. The van der Waals surface area contributed by atoms with Crippen LogP contribution in [0.2, 0.25) is 0 Å². The van der Waals surface area contributed by atoms with Crippen LogP contribution in [0.5, 0.6) is 0 Å². The summed E-state index contributed by atoms with van der Waals surface area (Å²) < 4.78 is 28.7. The standard InChI is InChI=1S/C19H21F2N3O/c1-12-14(10-22-13(2)24-12)18(25)23-11-19(8-3-4-9-19)17-15(20)6-5-7-16(17)21/h5-7,10H,3-4,8-9,11H2,1-2H3,(H,23,25). The van der Waals surface area contributed by atoms with E-state index in [1.165, 1.54) is 24.4 Å². The minimum atomic E-state index is -0.704. The molecule has 1 aromatic carbocycles. The first-order chi connectivity index (χ1) is 11.9. The predicted molar refractivity (Wildman–Crippen MR) is 90.3 cm³/mol. The summed E-state index contributed by atoms with van der Waals surface area (Å²) in [5.41, 5.74) is 0.352. The molecule has 0 bridgehead atoms. The molecule has 1 aliphatic carbocycles. The molecule has 6 heteroatoms. The van der Waals surface area contributed by atoms with E-state index in [0.717, 1.165) is 12.8 Å². The topological polar surface area (TPSA) is 54.9 Å². The highest BCUT2D eigenvalue weighted by atomic mass is 19.1. The normalized spacial score (nSPS) is 16.0. The van der Waals surface area contributed by atoms with Crippen molar-refractivity contribution in [2.75, 3.05) is 6.54 Å². The molecule has 1 fully saturated rings. The van der Waals surface area contributed by atoms with Crippen LogP contribution < -0.4 is 5.32 Å². The maximum Gasteiger partial charge on any atom is 0.254 e. The first-order valence-electron chi connectivity index (χ1n) is 8.46. The van der Waals surface area contributed by atoms with Crippen molar-refractivity contribution in [1.82, 2.24) is 15.3 Å². The summed E-state index contributed by atoms with van der Waals surface area (Å²) >= 11 is 0. The van der Waals surface area contributed by atoms with Gasteiger partial charge in [0, 0.05) is 23.7 Å². The number of hydrogen-bond donors (Lipinski definition) is 1. The van der Waals surface area contributed by atoms with Crippen molar-refractivity contribution in [1.29, 1.82) is 0 Å². The zero-order valence-corrected chi connectivity index (χ0v) is 14.4. The van der Waals surface area contributed by atoms with Gasteiger partial charge in [-0.05, 0) is 38.8 Å². The average Bonchev–Trinajstić information content (AvgIpc) is 3.02. The van der Waals surface area contributed by atoms with Gasteiger partial charge in [-0.2, -0.15) is 0 Å². The third-order valence-corrected chi connectivity index (χ3v) is 4.99. The second kappa shape index (κ2) is 6.86. The lowest BCUT2D eigenvalue weighted by Crippen LogP contribution is -2.40. The Bertz CT molecular complexity index is 781. The van der Waals surface area contributed by atoms with Crippen molar-refractivity contribution in [2.24, 2.45) is 0 Å². The number of amides is 1. The van der Waals surface area contributed by atoms with Crippen molar-refractivity contribution in [3.63, 3.8) is 0 Å². The van der Waals surface area contributed by atoms with Crippen LogP contribution in [0.1, 0.15) is 53.1 Å². The van der Waals surface area contributed by atoms with Crippen LogP contribution >= 0.6 is 0 Å². The van der Waals surface area contributed by atoms with Gasteiger partial charge in [-0.25, -0.2) is 18.7 Å². The van der Waals surface area contributed by atoms with Crippen LogP contribution in [0.25, 0.3) is 0 Å². The Balaban J connectivity index is 1.85. The maximum atomic E-state index is 14.3. The van der Waals surface area contributed by atoms with E-state index in [1.807, 2.05) is 0 Å². The number of carbonyl (C=O) groups excluding carboxylic acids is 1. The van der Waals surface area contributed by atoms with Gasteiger partial charge in [0.05, 0.1) is 11.3 Å². The molecule has 25 heavy (non-hydrogen) atoms. The van der Waals surface area contributed by atoms with Crippen molar-refractivity contribution in [3.8, 4) is 0 Å². The zero-order chi connectivity index (χ0) is 18.0. The predicted octanol–water partition coefficient (Wildman–Crippen LogP) is 3.61. The molecule has 3 rings (SSSR count). The Morgan fingerprint density at radius 3 is 2.44 bits per heavy atom. The molecule has 0 radical (unpaired) electrons. The molecule has 0 aliphatic heterocycles. The summed E-state index contributed by atoms with van der Waals surface area (Å²) in [4.78, 5) is 20.7. The number of benzene rings is 1. The molecule has 2 aromatic rings. The van der Waals surface area contributed by atoms with E-state index in [1.54, 1.807) is 13.8 Å². The Labute approximate surface area is 145 Å².